The number of aromatic carboxylic acids is 1. The molecule has 2 fully saturated rings. The minimum Gasteiger partial charge on any atom is -0.478 e. The van der Waals surface area contributed by atoms with Gasteiger partial charge < -0.3 is 5.11 Å². The monoisotopic (exact) mass is 405 g/mol. The molecule has 158 valence electrons. The van der Waals surface area contributed by atoms with E-state index in [2.05, 4.69) is 30.6 Å². The molecule has 3 aliphatic carbocycles. The first-order chi connectivity index (χ1) is 14.6. The summed E-state index contributed by atoms with van der Waals surface area (Å²) in [6.07, 6.45) is 7.00. The number of rotatable bonds is 5. The molecule has 0 heterocycles. The summed E-state index contributed by atoms with van der Waals surface area (Å²) in [4.78, 5) is 17.3. The van der Waals surface area contributed by atoms with Gasteiger partial charge in [0.1, 0.15) is 0 Å². The highest BCUT2D eigenvalue weighted by molar-refractivity contribution is 5.88. The molecule has 2 aromatic carbocycles. The van der Waals surface area contributed by atoms with Gasteiger partial charge in [0.05, 0.1) is 12.2 Å². The van der Waals surface area contributed by atoms with E-state index < -0.39 is 5.97 Å². The van der Waals surface area contributed by atoms with E-state index in [1.165, 1.54) is 48.8 Å². The maximum atomic E-state index is 11.4. The smallest absolute Gasteiger partial charge is 0.335 e. The quantitative estimate of drug-likeness (QED) is 0.660. The number of carboxylic acid groups (broad SMARTS) is 1. The lowest BCUT2D eigenvalue weighted by atomic mass is 9.55. The van der Waals surface area contributed by atoms with E-state index in [4.69, 9.17) is 4.84 Å². The van der Waals surface area contributed by atoms with Gasteiger partial charge in [0.15, 0.2) is 0 Å². The van der Waals surface area contributed by atoms with Crippen molar-refractivity contribution in [2.24, 2.45) is 17.3 Å². The fourth-order valence-corrected chi connectivity index (χ4v) is 6.71. The second-order valence-corrected chi connectivity index (χ2v) is 9.70. The third kappa shape index (κ3) is 3.36. The Morgan fingerprint density at radius 1 is 1.13 bits per heavy atom. The minimum atomic E-state index is -0.823. The Morgan fingerprint density at radius 2 is 1.97 bits per heavy atom. The SMILES string of the molecule is C[C@]12CC[C@@H]3c4ccc(C(=O)O)cc4CC[C@H]3[C@@H]1CC[C@@H]2NOCc1ccccc1. The lowest BCUT2D eigenvalue weighted by Crippen LogP contribution is -2.48. The Kier molecular flexibility index (Phi) is 5.16. The van der Waals surface area contributed by atoms with Crippen LogP contribution in [-0.4, -0.2) is 17.1 Å². The summed E-state index contributed by atoms with van der Waals surface area (Å²) >= 11 is 0. The fraction of sp³-hybridized carbons (Fsp3) is 0.500. The molecule has 0 aromatic heterocycles. The molecule has 0 bridgehead atoms. The Labute approximate surface area is 178 Å². The molecule has 3 aliphatic rings. The van der Waals surface area contributed by atoms with Crippen molar-refractivity contribution in [2.45, 2.75) is 64.0 Å². The van der Waals surface area contributed by atoms with E-state index in [1.807, 2.05) is 24.3 Å². The van der Waals surface area contributed by atoms with Crippen molar-refractivity contribution in [2.75, 3.05) is 0 Å². The number of hydrogen-bond donors (Lipinski definition) is 2. The molecule has 2 N–H and O–H groups in total. The fourth-order valence-electron chi connectivity index (χ4n) is 6.71. The zero-order valence-corrected chi connectivity index (χ0v) is 17.6. The van der Waals surface area contributed by atoms with Crippen LogP contribution in [0.15, 0.2) is 48.5 Å². The van der Waals surface area contributed by atoms with Crippen molar-refractivity contribution in [1.82, 2.24) is 5.48 Å². The number of hydrogen-bond acceptors (Lipinski definition) is 3. The topological polar surface area (TPSA) is 58.6 Å². The molecule has 5 atom stereocenters. The number of carboxylic acids is 1. The van der Waals surface area contributed by atoms with Crippen LogP contribution in [0.3, 0.4) is 0 Å². The highest BCUT2D eigenvalue weighted by atomic mass is 16.6. The number of carbonyl (C=O) groups is 1. The van der Waals surface area contributed by atoms with E-state index >= 15 is 0 Å². The zero-order valence-electron chi connectivity index (χ0n) is 17.6. The van der Waals surface area contributed by atoms with Crippen LogP contribution in [-0.2, 0) is 17.9 Å². The first-order valence-corrected chi connectivity index (χ1v) is 11.3. The van der Waals surface area contributed by atoms with Crippen LogP contribution in [0, 0.1) is 17.3 Å². The van der Waals surface area contributed by atoms with Crippen LogP contribution in [0.2, 0.25) is 0 Å². The first-order valence-electron chi connectivity index (χ1n) is 11.3. The van der Waals surface area contributed by atoms with Crippen molar-refractivity contribution in [1.29, 1.82) is 0 Å². The Hall–Kier alpha value is -2.17. The Morgan fingerprint density at radius 3 is 2.77 bits per heavy atom. The van der Waals surface area contributed by atoms with Crippen LogP contribution < -0.4 is 5.48 Å². The van der Waals surface area contributed by atoms with Crippen LogP contribution in [0.25, 0.3) is 0 Å². The van der Waals surface area contributed by atoms with Gasteiger partial charge >= 0.3 is 5.97 Å². The second kappa shape index (κ2) is 7.82. The molecule has 0 amide bonds. The van der Waals surface area contributed by atoms with Gasteiger partial charge in [-0.15, -0.1) is 0 Å². The average Bonchev–Trinajstić information content (AvgIpc) is 3.10. The summed E-state index contributed by atoms with van der Waals surface area (Å²) in [6.45, 7) is 3.07. The van der Waals surface area contributed by atoms with Crippen molar-refractivity contribution >= 4 is 5.97 Å². The van der Waals surface area contributed by atoms with Gasteiger partial charge in [-0.25, -0.2) is 4.79 Å². The molecule has 2 saturated carbocycles. The highest BCUT2D eigenvalue weighted by Gasteiger charge is 2.54. The molecule has 0 spiro atoms. The van der Waals surface area contributed by atoms with Crippen LogP contribution >= 0.6 is 0 Å². The van der Waals surface area contributed by atoms with Gasteiger partial charge in [0.25, 0.3) is 0 Å². The van der Waals surface area contributed by atoms with E-state index in [1.54, 1.807) is 6.07 Å². The van der Waals surface area contributed by atoms with E-state index in [-0.39, 0.29) is 5.41 Å². The number of benzene rings is 2. The van der Waals surface area contributed by atoms with Crippen molar-refractivity contribution in [3.63, 3.8) is 0 Å². The maximum absolute atomic E-state index is 11.4. The second-order valence-electron chi connectivity index (χ2n) is 9.70. The van der Waals surface area contributed by atoms with Crippen LogP contribution in [0.1, 0.15) is 72.0 Å². The maximum Gasteiger partial charge on any atom is 0.335 e. The summed E-state index contributed by atoms with van der Waals surface area (Å²) < 4.78 is 0. The van der Waals surface area contributed by atoms with Crippen LogP contribution in [0.5, 0.6) is 0 Å². The molecule has 2 aromatic rings. The molecule has 4 nitrogen and oxygen atoms in total. The lowest BCUT2D eigenvalue weighted by molar-refractivity contribution is -0.0488. The van der Waals surface area contributed by atoms with Gasteiger partial charge in [-0.3, -0.25) is 4.84 Å². The lowest BCUT2D eigenvalue weighted by Gasteiger charge is -2.51. The third-order valence-corrected chi connectivity index (χ3v) is 8.28. The number of aryl methyl sites for hydroxylation is 1. The van der Waals surface area contributed by atoms with E-state index in [0.717, 1.165) is 6.42 Å². The van der Waals surface area contributed by atoms with E-state index in [0.29, 0.717) is 36.0 Å². The Bertz CT molecular complexity index is 927. The van der Waals surface area contributed by atoms with Gasteiger partial charge in [0.2, 0.25) is 0 Å². The molecule has 0 aliphatic heterocycles. The average molecular weight is 406 g/mol. The van der Waals surface area contributed by atoms with Crippen molar-refractivity contribution < 1.29 is 14.7 Å². The standard InChI is InChI=1S/C26H31NO3/c1-26-14-13-21-20-9-8-19(25(28)29)15-18(20)7-10-22(21)23(26)11-12-24(26)27-30-16-17-5-3-2-4-6-17/h2-6,8-9,15,21-24,27H,7,10-14,16H2,1H3,(H,28,29)/t21-,22-,23+,24+,26+/m1/s1. The molecule has 5 rings (SSSR count). The molecular weight excluding hydrogens is 374 g/mol. The van der Waals surface area contributed by atoms with E-state index in [9.17, 15) is 9.90 Å². The summed E-state index contributed by atoms with van der Waals surface area (Å²) in [7, 11) is 0. The van der Waals surface area contributed by atoms with Gasteiger partial charge in [0, 0.05) is 6.04 Å². The molecular formula is C26H31NO3. The van der Waals surface area contributed by atoms with Gasteiger partial charge in [-0.05, 0) is 90.5 Å². The molecule has 0 unspecified atom stereocenters. The van der Waals surface area contributed by atoms with Crippen LogP contribution in [0.4, 0.5) is 0 Å². The predicted octanol–water partition coefficient (Wildman–Crippen LogP) is 5.33. The van der Waals surface area contributed by atoms with Crippen molar-refractivity contribution in [3.8, 4) is 0 Å². The molecule has 0 saturated heterocycles. The normalized spacial score (nSPS) is 32.2. The Balaban J connectivity index is 1.28. The molecule has 4 heteroatoms. The largest absolute Gasteiger partial charge is 0.478 e. The van der Waals surface area contributed by atoms with Gasteiger partial charge in [-0.1, -0.05) is 43.3 Å². The number of fused-ring (bicyclic) bond motifs is 5. The zero-order chi connectivity index (χ0) is 20.7. The predicted molar refractivity (Wildman–Crippen MR) is 116 cm³/mol. The molecule has 0 radical (unpaired) electrons. The third-order valence-electron chi connectivity index (χ3n) is 8.28. The summed E-state index contributed by atoms with van der Waals surface area (Å²) in [5, 5.41) is 9.33. The summed E-state index contributed by atoms with van der Waals surface area (Å²) in [5.41, 5.74) is 8.01. The number of nitrogens with one attached hydrogen (secondary N) is 1. The first kappa shape index (κ1) is 19.8. The summed E-state index contributed by atoms with van der Waals surface area (Å²) in [5.74, 6) is 1.17. The molecule has 30 heavy (non-hydrogen) atoms. The highest BCUT2D eigenvalue weighted by Crippen LogP contribution is 2.60. The summed E-state index contributed by atoms with van der Waals surface area (Å²) in [6, 6.07) is 16.5. The van der Waals surface area contributed by atoms with Crippen molar-refractivity contribution in [3.05, 3.63) is 70.8 Å². The van der Waals surface area contributed by atoms with Gasteiger partial charge in [-0.2, -0.15) is 5.48 Å². The minimum absolute atomic E-state index is 0.274. The number of hydroxylamine groups is 1.